The van der Waals surface area contributed by atoms with E-state index in [0.29, 0.717) is 5.92 Å². The highest BCUT2D eigenvalue weighted by atomic mass is 79.9. The second kappa shape index (κ2) is 5.85. The summed E-state index contributed by atoms with van der Waals surface area (Å²) in [6.07, 6.45) is 0. The molecule has 1 aromatic heterocycles. The van der Waals surface area contributed by atoms with Gasteiger partial charge in [-0.3, -0.25) is 0 Å². The van der Waals surface area contributed by atoms with Crippen LogP contribution in [0.15, 0.2) is 15.9 Å². The zero-order chi connectivity index (χ0) is 10.6. The van der Waals surface area contributed by atoms with Crippen molar-refractivity contribution in [2.24, 2.45) is 11.7 Å². The Morgan fingerprint density at radius 2 is 2.29 bits per heavy atom. The first kappa shape index (κ1) is 12.2. The molecule has 1 unspecified atom stereocenters. The van der Waals surface area contributed by atoms with Crippen LogP contribution in [-0.4, -0.2) is 12.6 Å². The van der Waals surface area contributed by atoms with Gasteiger partial charge in [-0.15, -0.1) is 11.3 Å². The maximum Gasteiger partial charge on any atom is 0.0327 e. The number of nitrogens with two attached hydrogens (primary N) is 1. The Kier molecular flexibility index (Phi) is 5.09. The number of nitrogens with one attached hydrogen (secondary N) is 1. The van der Waals surface area contributed by atoms with Gasteiger partial charge in [-0.25, -0.2) is 0 Å². The summed E-state index contributed by atoms with van der Waals surface area (Å²) in [6, 6.07) is 2.32. The maximum absolute atomic E-state index is 5.92. The average Bonchev–Trinajstić information content (AvgIpc) is 2.51. The lowest BCUT2D eigenvalue weighted by molar-refractivity contribution is 0.459. The summed E-state index contributed by atoms with van der Waals surface area (Å²) in [5.74, 6) is 0.536. The minimum Gasteiger partial charge on any atom is -0.326 e. The van der Waals surface area contributed by atoms with E-state index < -0.39 is 0 Å². The summed E-state index contributed by atoms with van der Waals surface area (Å²) in [6.45, 7) is 6.07. The predicted octanol–water partition coefficient (Wildman–Crippen LogP) is 2.58. The van der Waals surface area contributed by atoms with E-state index in [1.165, 1.54) is 9.35 Å². The van der Waals surface area contributed by atoms with Crippen LogP contribution in [0, 0.1) is 5.92 Å². The van der Waals surface area contributed by atoms with Crippen molar-refractivity contribution in [3.8, 4) is 0 Å². The Balaban J connectivity index is 2.25. The standard InChI is InChI=1S/C10H17BrN2S/c1-7(2)9(12)5-13-6-10-8(11)3-4-14-10/h3-4,7,9,13H,5-6,12H2,1-2H3. The number of halogens is 1. The second-order valence-electron chi connectivity index (χ2n) is 3.73. The smallest absolute Gasteiger partial charge is 0.0327 e. The Labute approximate surface area is 98.0 Å². The van der Waals surface area contributed by atoms with Crippen molar-refractivity contribution < 1.29 is 0 Å². The molecule has 1 rings (SSSR count). The van der Waals surface area contributed by atoms with E-state index in [1.807, 2.05) is 0 Å². The fourth-order valence-corrected chi connectivity index (χ4v) is 2.50. The van der Waals surface area contributed by atoms with Crippen LogP contribution >= 0.6 is 27.3 Å². The Hall–Kier alpha value is 0.100. The van der Waals surface area contributed by atoms with E-state index in [-0.39, 0.29) is 6.04 Å². The molecular formula is C10H17BrN2S. The zero-order valence-corrected chi connectivity index (χ0v) is 11.0. The summed E-state index contributed by atoms with van der Waals surface area (Å²) in [7, 11) is 0. The van der Waals surface area contributed by atoms with Crippen LogP contribution in [-0.2, 0) is 6.54 Å². The first-order chi connectivity index (χ1) is 6.61. The van der Waals surface area contributed by atoms with Gasteiger partial charge in [0.15, 0.2) is 0 Å². The monoisotopic (exact) mass is 276 g/mol. The molecule has 0 radical (unpaired) electrons. The van der Waals surface area contributed by atoms with E-state index in [2.05, 4.69) is 46.5 Å². The van der Waals surface area contributed by atoms with Gasteiger partial charge in [-0.2, -0.15) is 0 Å². The van der Waals surface area contributed by atoms with Crippen LogP contribution < -0.4 is 11.1 Å². The molecule has 0 aliphatic heterocycles. The highest BCUT2D eigenvalue weighted by molar-refractivity contribution is 9.10. The lowest BCUT2D eigenvalue weighted by atomic mass is 10.1. The van der Waals surface area contributed by atoms with E-state index in [9.17, 15) is 0 Å². The summed E-state index contributed by atoms with van der Waals surface area (Å²) < 4.78 is 1.19. The predicted molar refractivity (Wildman–Crippen MR) is 66.5 cm³/mol. The number of thiophene rings is 1. The molecule has 80 valence electrons. The van der Waals surface area contributed by atoms with Crippen molar-refractivity contribution in [2.45, 2.75) is 26.4 Å². The summed E-state index contributed by atoms with van der Waals surface area (Å²) >= 11 is 5.26. The Bertz CT molecular complexity index is 273. The van der Waals surface area contributed by atoms with E-state index in [0.717, 1.165) is 13.1 Å². The van der Waals surface area contributed by atoms with Gasteiger partial charge in [-0.05, 0) is 33.3 Å². The molecule has 0 saturated carbocycles. The third-order valence-corrected chi connectivity index (χ3v) is 4.14. The van der Waals surface area contributed by atoms with Crippen molar-refractivity contribution in [1.82, 2.24) is 5.32 Å². The van der Waals surface area contributed by atoms with Crippen molar-refractivity contribution >= 4 is 27.3 Å². The molecule has 0 amide bonds. The van der Waals surface area contributed by atoms with Crippen molar-refractivity contribution in [1.29, 1.82) is 0 Å². The van der Waals surface area contributed by atoms with Crippen molar-refractivity contribution in [3.63, 3.8) is 0 Å². The van der Waals surface area contributed by atoms with Gasteiger partial charge in [0.2, 0.25) is 0 Å². The lowest BCUT2D eigenvalue weighted by Gasteiger charge is -2.15. The molecule has 0 aliphatic carbocycles. The van der Waals surface area contributed by atoms with Gasteiger partial charge in [0.1, 0.15) is 0 Å². The van der Waals surface area contributed by atoms with Crippen LogP contribution in [0.5, 0.6) is 0 Å². The van der Waals surface area contributed by atoms with Gasteiger partial charge in [0.05, 0.1) is 0 Å². The quantitative estimate of drug-likeness (QED) is 0.868. The molecule has 1 aromatic rings. The van der Waals surface area contributed by atoms with Crippen LogP contribution in [0.4, 0.5) is 0 Å². The first-order valence-electron chi connectivity index (χ1n) is 4.79. The minimum atomic E-state index is 0.244. The molecule has 0 spiro atoms. The van der Waals surface area contributed by atoms with Gasteiger partial charge >= 0.3 is 0 Å². The Morgan fingerprint density at radius 1 is 1.57 bits per heavy atom. The topological polar surface area (TPSA) is 38.0 Å². The molecule has 1 atom stereocenters. The fraction of sp³-hybridized carbons (Fsp3) is 0.600. The highest BCUT2D eigenvalue weighted by Crippen LogP contribution is 2.22. The zero-order valence-electron chi connectivity index (χ0n) is 8.59. The van der Waals surface area contributed by atoms with Crippen LogP contribution in [0.1, 0.15) is 18.7 Å². The fourth-order valence-electron chi connectivity index (χ4n) is 1.04. The SMILES string of the molecule is CC(C)C(N)CNCc1sccc1Br. The van der Waals surface area contributed by atoms with E-state index >= 15 is 0 Å². The maximum atomic E-state index is 5.92. The summed E-state index contributed by atoms with van der Waals surface area (Å²) in [5, 5.41) is 5.45. The molecule has 0 bridgehead atoms. The molecule has 1 heterocycles. The van der Waals surface area contributed by atoms with Gasteiger partial charge in [-0.1, -0.05) is 13.8 Å². The first-order valence-corrected chi connectivity index (χ1v) is 6.46. The second-order valence-corrected chi connectivity index (χ2v) is 5.59. The largest absolute Gasteiger partial charge is 0.326 e. The van der Waals surface area contributed by atoms with Gasteiger partial charge in [0, 0.05) is 28.5 Å². The van der Waals surface area contributed by atoms with Crippen molar-refractivity contribution in [3.05, 3.63) is 20.8 Å². The summed E-state index contributed by atoms with van der Waals surface area (Å²) in [5.41, 5.74) is 5.92. The molecule has 0 aliphatic rings. The number of rotatable bonds is 5. The normalized spacial score (nSPS) is 13.5. The molecule has 0 aromatic carbocycles. The molecular weight excluding hydrogens is 260 g/mol. The lowest BCUT2D eigenvalue weighted by Crippen LogP contribution is -2.37. The number of hydrogen-bond donors (Lipinski definition) is 2. The summed E-state index contributed by atoms with van der Waals surface area (Å²) in [4.78, 5) is 1.33. The Morgan fingerprint density at radius 3 is 2.79 bits per heavy atom. The minimum absolute atomic E-state index is 0.244. The third kappa shape index (κ3) is 3.69. The van der Waals surface area contributed by atoms with Crippen molar-refractivity contribution in [2.75, 3.05) is 6.54 Å². The molecule has 14 heavy (non-hydrogen) atoms. The van der Waals surface area contributed by atoms with Crippen LogP contribution in [0.3, 0.4) is 0 Å². The molecule has 0 saturated heterocycles. The van der Waals surface area contributed by atoms with Crippen LogP contribution in [0.25, 0.3) is 0 Å². The van der Waals surface area contributed by atoms with Gasteiger partial charge < -0.3 is 11.1 Å². The van der Waals surface area contributed by atoms with Gasteiger partial charge in [0.25, 0.3) is 0 Å². The number of hydrogen-bond acceptors (Lipinski definition) is 3. The molecule has 4 heteroatoms. The van der Waals surface area contributed by atoms with E-state index in [4.69, 9.17) is 5.73 Å². The average molecular weight is 277 g/mol. The molecule has 2 nitrogen and oxygen atoms in total. The highest BCUT2D eigenvalue weighted by Gasteiger charge is 2.07. The molecule has 0 fully saturated rings. The molecule has 3 N–H and O–H groups in total. The van der Waals surface area contributed by atoms with Crippen LogP contribution in [0.2, 0.25) is 0 Å². The third-order valence-electron chi connectivity index (χ3n) is 2.21. The van der Waals surface area contributed by atoms with E-state index in [1.54, 1.807) is 11.3 Å².